The second-order valence-electron chi connectivity index (χ2n) is 9.43. The molecule has 0 aromatic heterocycles. The summed E-state index contributed by atoms with van der Waals surface area (Å²) in [5, 5.41) is 0. The molecule has 1 amide bonds. The molecule has 180 valence electrons. The Kier molecular flexibility index (Phi) is 6.34. The van der Waals surface area contributed by atoms with Gasteiger partial charge in [-0.1, -0.05) is 72.8 Å². The molecule has 2 radical (unpaired) electrons. The zero-order valence-corrected chi connectivity index (χ0v) is 20.9. The number of carbonyl (C=O) groups is 1. The summed E-state index contributed by atoms with van der Waals surface area (Å²) in [5.74, 6) is 1.15. The summed E-state index contributed by atoms with van der Waals surface area (Å²) in [4.78, 5) is 18.0. The summed E-state index contributed by atoms with van der Waals surface area (Å²) < 4.78 is 5.75. The maximum Gasteiger partial charge on any atom is 0.229 e. The summed E-state index contributed by atoms with van der Waals surface area (Å²) in [6, 6.07) is 19.1. The Morgan fingerprint density at radius 3 is 2.40 bits per heavy atom. The molecule has 3 heterocycles. The number of rotatable bonds is 3. The molecule has 3 aliphatic heterocycles. The van der Waals surface area contributed by atoms with Crippen LogP contribution in [-0.2, 0) is 38.3 Å². The SMILES string of the molecule is COC1=C[C@]23CCN(Cc4ccccc4)[C@]24C(=C1)CCC(=O)N4c1ccccc13.[CH]1C=CC=C1.[Co]. The third-order valence-electron chi connectivity index (χ3n) is 7.82. The number of likely N-dealkylation sites (tertiary alicyclic amines) is 1. The van der Waals surface area contributed by atoms with Crippen molar-refractivity contribution < 1.29 is 26.3 Å². The van der Waals surface area contributed by atoms with Crippen molar-refractivity contribution in [1.29, 1.82) is 0 Å². The van der Waals surface area contributed by atoms with Gasteiger partial charge >= 0.3 is 0 Å². The number of piperidine rings is 1. The van der Waals surface area contributed by atoms with E-state index in [2.05, 4.69) is 70.5 Å². The number of anilines is 1. The smallest absolute Gasteiger partial charge is 0.229 e. The van der Waals surface area contributed by atoms with E-state index in [1.807, 2.05) is 36.8 Å². The standard InChI is InChI=1S/C25H24N2O2.C5H5.Co/c1-29-20-15-19-11-12-23(28)27-22-10-6-5-9-21(22)24(16-20)13-14-26(25(19,24)27)17-18-7-3-2-4-8-18;1-2-4-5-3-1;/h2-10,15-16H,11-14,17H2,1H3;1-5H;/t24-,25-;;/m0../s1. The van der Waals surface area contributed by atoms with Crippen LogP contribution < -0.4 is 4.90 Å². The van der Waals surface area contributed by atoms with Gasteiger partial charge in [0.15, 0.2) is 0 Å². The molecule has 0 saturated carbocycles. The molecule has 2 aromatic carbocycles. The third kappa shape index (κ3) is 3.40. The van der Waals surface area contributed by atoms with E-state index in [1.54, 1.807) is 7.11 Å². The summed E-state index contributed by atoms with van der Waals surface area (Å²) in [7, 11) is 1.75. The Morgan fingerprint density at radius 1 is 0.943 bits per heavy atom. The normalized spacial score (nSPS) is 27.1. The predicted molar refractivity (Wildman–Crippen MR) is 135 cm³/mol. The summed E-state index contributed by atoms with van der Waals surface area (Å²) >= 11 is 0. The number of amides is 1. The van der Waals surface area contributed by atoms with Crippen LogP contribution in [0.3, 0.4) is 0 Å². The molecule has 35 heavy (non-hydrogen) atoms. The molecular formula is C30H29CoN2O2. The van der Waals surface area contributed by atoms with E-state index >= 15 is 0 Å². The zero-order valence-electron chi connectivity index (χ0n) is 19.8. The van der Waals surface area contributed by atoms with E-state index in [1.165, 1.54) is 16.7 Å². The van der Waals surface area contributed by atoms with Gasteiger partial charge in [-0.05, 0) is 47.8 Å². The van der Waals surface area contributed by atoms with Crippen molar-refractivity contribution in [3.8, 4) is 0 Å². The molecule has 0 bridgehead atoms. The van der Waals surface area contributed by atoms with Crippen LogP contribution in [0, 0.1) is 6.42 Å². The summed E-state index contributed by atoms with van der Waals surface area (Å²) in [5.41, 5.74) is 4.19. The minimum Gasteiger partial charge on any atom is -0.497 e. The first kappa shape index (κ1) is 23.9. The van der Waals surface area contributed by atoms with E-state index < -0.39 is 5.66 Å². The molecule has 2 aromatic rings. The number of carbonyl (C=O) groups excluding carboxylic acids is 1. The first-order valence-corrected chi connectivity index (χ1v) is 12.1. The summed E-state index contributed by atoms with van der Waals surface area (Å²) in [6.07, 6.45) is 16.8. The molecule has 7 rings (SSSR count). The van der Waals surface area contributed by atoms with Crippen LogP contribution in [0.1, 0.15) is 30.4 Å². The number of methoxy groups -OCH3 is 1. The molecule has 2 fully saturated rings. The van der Waals surface area contributed by atoms with Gasteiger partial charge in [0.25, 0.3) is 0 Å². The first-order valence-electron chi connectivity index (χ1n) is 12.1. The van der Waals surface area contributed by atoms with Gasteiger partial charge in [-0.2, -0.15) is 0 Å². The molecule has 4 nitrogen and oxygen atoms in total. The fraction of sp³-hybridized carbons (Fsp3) is 0.267. The van der Waals surface area contributed by atoms with E-state index in [0.29, 0.717) is 6.42 Å². The second-order valence-corrected chi connectivity index (χ2v) is 9.43. The van der Waals surface area contributed by atoms with E-state index in [4.69, 9.17) is 4.74 Å². The van der Waals surface area contributed by atoms with Gasteiger partial charge in [-0.15, -0.1) is 0 Å². The third-order valence-corrected chi connectivity index (χ3v) is 7.82. The van der Waals surface area contributed by atoms with Gasteiger partial charge in [0.2, 0.25) is 5.91 Å². The molecule has 5 heteroatoms. The number of allylic oxidation sites excluding steroid dienone is 5. The first-order chi connectivity index (χ1) is 16.7. The number of para-hydroxylation sites is 1. The molecule has 2 atom stereocenters. The Hall–Kier alpha value is -2.86. The van der Waals surface area contributed by atoms with Gasteiger partial charge < -0.3 is 4.74 Å². The molecule has 2 aliphatic carbocycles. The van der Waals surface area contributed by atoms with E-state index in [0.717, 1.165) is 37.4 Å². The number of hydrogen-bond acceptors (Lipinski definition) is 3. The van der Waals surface area contributed by atoms with Crippen molar-refractivity contribution in [2.45, 2.75) is 36.9 Å². The van der Waals surface area contributed by atoms with Crippen LogP contribution >= 0.6 is 0 Å². The van der Waals surface area contributed by atoms with Crippen LogP contribution in [0.25, 0.3) is 0 Å². The maximum atomic E-state index is 13.4. The molecule has 5 aliphatic rings. The number of nitrogens with zero attached hydrogens (tertiary/aromatic N) is 2. The van der Waals surface area contributed by atoms with Crippen molar-refractivity contribution in [3.05, 3.63) is 120 Å². The van der Waals surface area contributed by atoms with E-state index in [9.17, 15) is 4.79 Å². The van der Waals surface area contributed by atoms with Crippen LogP contribution in [0.5, 0.6) is 0 Å². The molecule has 2 saturated heterocycles. The Labute approximate surface area is 217 Å². The van der Waals surface area contributed by atoms with Crippen LogP contribution in [0.15, 0.2) is 102 Å². The minimum absolute atomic E-state index is 0. The van der Waals surface area contributed by atoms with Crippen LogP contribution in [-0.4, -0.2) is 30.1 Å². The monoisotopic (exact) mass is 508 g/mol. The van der Waals surface area contributed by atoms with Gasteiger partial charge in [0, 0.05) is 42.7 Å². The van der Waals surface area contributed by atoms with Crippen molar-refractivity contribution in [2.75, 3.05) is 18.6 Å². The predicted octanol–water partition coefficient (Wildman–Crippen LogP) is 5.45. The minimum atomic E-state index is -0.454. The van der Waals surface area contributed by atoms with Gasteiger partial charge in [-0.3, -0.25) is 14.6 Å². The molecule has 0 unspecified atom stereocenters. The van der Waals surface area contributed by atoms with Gasteiger partial charge in [0.1, 0.15) is 11.4 Å². The number of hydrogen-bond donors (Lipinski definition) is 0. The van der Waals surface area contributed by atoms with Crippen molar-refractivity contribution >= 4 is 11.6 Å². The molecule has 0 N–H and O–H groups in total. The van der Waals surface area contributed by atoms with E-state index in [-0.39, 0.29) is 28.1 Å². The maximum absolute atomic E-state index is 13.4. The molecule has 1 spiro atoms. The fourth-order valence-electron chi connectivity index (χ4n) is 6.60. The Balaban J connectivity index is 0.000000379. The molecular weight excluding hydrogens is 479 g/mol. The Bertz CT molecular complexity index is 1240. The Morgan fingerprint density at radius 2 is 1.69 bits per heavy atom. The summed E-state index contributed by atoms with van der Waals surface area (Å²) in [6.45, 7) is 1.77. The average molecular weight is 509 g/mol. The number of benzene rings is 2. The van der Waals surface area contributed by atoms with Gasteiger partial charge in [0.05, 0.1) is 18.2 Å². The second kappa shape index (κ2) is 9.30. The average Bonchev–Trinajstić information content (AvgIpc) is 3.60. The number of ether oxygens (including phenoxy) is 1. The fourth-order valence-corrected chi connectivity index (χ4v) is 6.60. The largest absolute Gasteiger partial charge is 0.497 e. The van der Waals surface area contributed by atoms with Crippen LogP contribution in [0.4, 0.5) is 5.69 Å². The quantitative estimate of drug-likeness (QED) is 0.553. The zero-order chi connectivity index (χ0) is 23.2. The topological polar surface area (TPSA) is 32.8 Å². The number of fused-ring (bicyclic) bond motifs is 2. The van der Waals surface area contributed by atoms with Crippen molar-refractivity contribution in [2.24, 2.45) is 0 Å². The van der Waals surface area contributed by atoms with Gasteiger partial charge in [-0.25, -0.2) is 0 Å². The van der Waals surface area contributed by atoms with Crippen molar-refractivity contribution in [1.82, 2.24) is 4.90 Å². The van der Waals surface area contributed by atoms with Crippen LogP contribution in [0.2, 0.25) is 0 Å². The van der Waals surface area contributed by atoms with Crippen molar-refractivity contribution in [3.63, 3.8) is 0 Å².